The first kappa shape index (κ1) is 13.6. The van der Waals surface area contributed by atoms with Gasteiger partial charge in [0.1, 0.15) is 0 Å². The Kier molecular flexibility index (Phi) is 5.09. The van der Waals surface area contributed by atoms with Crippen molar-refractivity contribution in [3.8, 4) is 0 Å². The van der Waals surface area contributed by atoms with Gasteiger partial charge in [0, 0.05) is 20.3 Å². The highest BCUT2D eigenvalue weighted by Crippen LogP contribution is 2.18. The second kappa shape index (κ2) is 6.34. The van der Waals surface area contributed by atoms with Crippen molar-refractivity contribution in [2.45, 2.75) is 39.2 Å². The Bertz CT molecular complexity index is 374. The molecule has 1 N–H and O–H groups in total. The molecule has 6 nitrogen and oxygen atoms in total. The maximum Gasteiger partial charge on any atom is 0.309 e. The summed E-state index contributed by atoms with van der Waals surface area (Å²) in [7, 11) is 1.65. The molecule has 0 bridgehead atoms. The normalized spacial score (nSPS) is 11.1. The van der Waals surface area contributed by atoms with E-state index in [1.807, 2.05) is 13.8 Å². The Morgan fingerprint density at radius 3 is 2.76 bits per heavy atom. The average molecular weight is 241 g/mol. The summed E-state index contributed by atoms with van der Waals surface area (Å²) in [6, 6.07) is 0. The molecule has 0 saturated carbocycles. The van der Waals surface area contributed by atoms with Crippen molar-refractivity contribution in [2.24, 2.45) is 0 Å². The number of carboxylic acid groups (broad SMARTS) is 1. The zero-order chi connectivity index (χ0) is 12.8. The van der Waals surface area contributed by atoms with Crippen LogP contribution in [0.2, 0.25) is 0 Å². The smallest absolute Gasteiger partial charge is 0.309 e. The molecular formula is C11H19N3O3. The zero-order valence-electron chi connectivity index (χ0n) is 10.5. The lowest BCUT2D eigenvalue weighted by Crippen LogP contribution is -2.11. The molecule has 0 aliphatic carbocycles. The van der Waals surface area contributed by atoms with E-state index in [1.165, 1.54) is 0 Å². The van der Waals surface area contributed by atoms with E-state index >= 15 is 0 Å². The summed E-state index contributed by atoms with van der Waals surface area (Å²) in [6.45, 7) is 5.38. The summed E-state index contributed by atoms with van der Waals surface area (Å²) in [4.78, 5) is 10.7. The number of ether oxygens (including phenoxy) is 1. The fourth-order valence-electron chi connectivity index (χ4n) is 1.78. The van der Waals surface area contributed by atoms with Crippen LogP contribution < -0.4 is 0 Å². The van der Waals surface area contributed by atoms with Gasteiger partial charge in [-0.05, 0) is 12.3 Å². The monoisotopic (exact) mass is 241 g/mol. The maximum atomic E-state index is 10.7. The van der Waals surface area contributed by atoms with Gasteiger partial charge in [-0.1, -0.05) is 19.1 Å². The van der Waals surface area contributed by atoms with Crippen LogP contribution in [0.4, 0.5) is 0 Å². The van der Waals surface area contributed by atoms with Crippen LogP contribution in [0.25, 0.3) is 0 Å². The molecule has 0 unspecified atom stereocenters. The Balaban J connectivity index is 2.82. The molecule has 0 aromatic carbocycles. The van der Waals surface area contributed by atoms with Gasteiger partial charge in [-0.2, -0.15) is 0 Å². The highest BCUT2D eigenvalue weighted by Gasteiger charge is 2.17. The quantitative estimate of drug-likeness (QED) is 0.722. The van der Waals surface area contributed by atoms with Gasteiger partial charge in [0.05, 0.1) is 17.8 Å². The molecule has 0 radical (unpaired) electrons. The second-order valence-electron chi connectivity index (χ2n) is 4.22. The van der Waals surface area contributed by atoms with Gasteiger partial charge in [-0.25, -0.2) is 4.68 Å². The third kappa shape index (κ3) is 3.81. The Labute approximate surface area is 101 Å². The first-order valence-corrected chi connectivity index (χ1v) is 5.69. The molecule has 1 heterocycles. The Morgan fingerprint density at radius 1 is 1.53 bits per heavy atom. The number of methoxy groups -OCH3 is 1. The van der Waals surface area contributed by atoms with Gasteiger partial charge in [0.25, 0.3) is 0 Å². The van der Waals surface area contributed by atoms with Crippen molar-refractivity contribution < 1.29 is 14.6 Å². The fourth-order valence-corrected chi connectivity index (χ4v) is 1.78. The molecule has 0 fully saturated rings. The van der Waals surface area contributed by atoms with Crippen LogP contribution in [0.1, 0.15) is 37.6 Å². The maximum absolute atomic E-state index is 10.7. The van der Waals surface area contributed by atoms with Crippen molar-refractivity contribution in [3.05, 3.63) is 11.4 Å². The van der Waals surface area contributed by atoms with Crippen LogP contribution in [-0.4, -0.2) is 39.8 Å². The molecular weight excluding hydrogens is 222 g/mol. The van der Waals surface area contributed by atoms with Crippen LogP contribution in [0.3, 0.4) is 0 Å². The number of aliphatic carboxylic acids is 1. The fraction of sp³-hybridized carbons (Fsp3) is 0.727. The number of hydrogen-bond donors (Lipinski definition) is 1. The van der Waals surface area contributed by atoms with Crippen LogP contribution in [-0.2, 0) is 22.5 Å². The summed E-state index contributed by atoms with van der Waals surface area (Å²) in [5.41, 5.74) is 1.47. The highest BCUT2D eigenvalue weighted by atomic mass is 16.5. The second-order valence-corrected chi connectivity index (χ2v) is 4.22. The molecule has 1 aromatic heterocycles. The van der Waals surface area contributed by atoms with Gasteiger partial charge in [-0.15, -0.1) is 5.10 Å². The number of hydrogen-bond acceptors (Lipinski definition) is 4. The summed E-state index contributed by atoms with van der Waals surface area (Å²) >= 11 is 0. The molecule has 0 aliphatic heterocycles. The van der Waals surface area contributed by atoms with Gasteiger partial charge in [-0.3, -0.25) is 4.79 Å². The SMILES string of the molecule is COCCCn1nnc(CC(=O)O)c1C(C)C. The Hall–Kier alpha value is -1.43. The summed E-state index contributed by atoms with van der Waals surface area (Å²) in [6.07, 6.45) is 0.768. The lowest BCUT2D eigenvalue weighted by atomic mass is 10.1. The van der Waals surface area contributed by atoms with Gasteiger partial charge >= 0.3 is 5.97 Å². The lowest BCUT2D eigenvalue weighted by Gasteiger charge is -2.10. The van der Waals surface area contributed by atoms with Gasteiger partial charge in [0.15, 0.2) is 0 Å². The standard InChI is InChI=1S/C11H19N3O3/c1-8(2)11-9(7-10(15)16)12-13-14(11)5-4-6-17-3/h8H,4-7H2,1-3H3,(H,15,16). The number of aryl methyl sites for hydroxylation is 1. The highest BCUT2D eigenvalue weighted by molar-refractivity contribution is 5.69. The molecule has 96 valence electrons. The van der Waals surface area contributed by atoms with E-state index in [0.29, 0.717) is 18.8 Å². The van der Waals surface area contributed by atoms with E-state index in [4.69, 9.17) is 9.84 Å². The van der Waals surface area contributed by atoms with E-state index < -0.39 is 5.97 Å². The minimum Gasteiger partial charge on any atom is -0.481 e. The Morgan fingerprint density at radius 2 is 2.24 bits per heavy atom. The number of carbonyl (C=O) groups is 1. The zero-order valence-corrected chi connectivity index (χ0v) is 10.5. The van der Waals surface area contributed by atoms with Gasteiger partial charge in [0.2, 0.25) is 0 Å². The number of rotatable bonds is 7. The first-order valence-electron chi connectivity index (χ1n) is 5.69. The third-order valence-electron chi connectivity index (χ3n) is 2.43. The topological polar surface area (TPSA) is 77.2 Å². The van der Waals surface area contributed by atoms with E-state index in [9.17, 15) is 4.79 Å². The first-order chi connectivity index (χ1) is 8.06. The van der Waals surface area contributed by atoms with Crippen LogP contribution in [0.5, 0.6) is 0 Å². The van der Waals surface area contributed by atoms with E-state index in [2.05, 4.69) is 10.3 Å². The van der Waals surface area contributed by atoms with Crippen molar-refractivity contribution in [1.29, 1.82) is 0 Å². The predicted octanol–water partition coefficient (Wildman–Crippen LogP) is 1.07. The van der Waals surface area contributed by atoms with Crippen LogP contribution >= 0.6 is 0 Å². The van der Waals surface area contributed by atoms with Gasteiger partial charge < -0.3 is 9.84 Å². The van der Waals surface area contributed by atoms with E-state index in [0.717, 1.165) is 12.1 Å². The number of nitrogens with zero attached hydrogens (tertiary/aromatic N) is 3. The van der Waals surface area contributed by atoms with E-state index in [1.54, 1.807) is 11.8 Å². The average Bonchev–Trinajstić information content (AvgIpc) is 2.60. The summed E-state index contributed by atoms with van der Waals surface area (Å²) < 4.78 is 6.76. The molecule has 0 saturated heterocycles. The lowest BCUT2D eigenvalue weighted by molar-refractivity contribution is -0.136. The molecule has 0 atom stereocenters. The largest absolute Gasteiger partial charge is 0.481 e. The minimum absolute atomic E-state index is 0.0716. The van der Waals surface area contributed by atoms with E-state index in [-0.39, 0.29) is 12.3 Å². The molecule has 17 heavy (non-hydrogen) atoms. The van der Waals surface area contributed by atoms with Crippen LogP contribution in [0.15, 0.2) is 0 Å². The number of aromatic nitrogens is 3. The van der Waals surface area contributed by atoms with Crippen molar-refractivity contribution in [1.82, 2.24) is 15.0 Å². The third-order valence-corrected chi connectivity index (χ3v) is 2.43. The minimum atomic E-state index is -0.879. The molecule has 1 rings (SSSR count). The molecule has 0 aliphatic rings. The van der Waals surface area contributed by atoms with Crippen molar-refractivity contribution >= 4 is 5.97 Å². The summed E-state index contributed by atoms with van der Waals surface area (Å²) in [5.74, 6) is -0.669. The molecule has 6 heteroatoms. The number of carboxylic acids is 1. The molecule has 0 spiro atoms. The van der Waals surface area contributed by atoms with Crippen molar-refractivity contribution in [3.63, 3.8) is 0 Å². The molecule has 0 amide bonds. The predicted molar refractivity (Wildman–Crippen MR) is 61.9 cm³/mol. The summed E-state index contributed by atoms with van der Waals surface area (Å²) in [5, 5.41) is 16.8. The van der Waals surface area contributed by atoms with Crippen molar-refractivity contribution in [2.75, 3.05) is 13.7 Å². The molecule has 1 aromatic rings. The van der Waals surface area contributed by atoms with Crippen LogP contribution in [0, 0.1) is 0 Å².